The van der Waals surface area contributed by atoms with Crippen molar-refractivity contribution in [2.24, 2.45) is 11.8 Å². The van der Waals surface area contributed by atoms with Crippen LogP contribution in [-0.2, 0) is 9.59 Å². The normalized spacial score (nSPS) is 18.2. The molecule has 2 atom stereocenters. The fourth-order valence-corrected chi connectivity index (χ4v) is 3.71. The van der Waals surface area contributed by atoms with Gasteiger partial charge < -0.3 is 15.5 Å². The average Bonchev–Trinajstić information content (AvgIpc) is 2.78. The van der Waals surface area contributed by atoms with Crippen molar-refractivity contribution in [3.05, 3.63) is 59.2 Å². The molecule has 0 radical (unpaired) electrons. The van der Waals surface area contributed by atoms with Gasteiger partial charge >= 0.3 is 6.18 Å². The standard InChI is InChI=1S/C21H18BrF4N5O3/c1-11(23)20(34)31-9-12(7-13(10-31)21(24,25)26)18(32)28-14-5-6-17(27-8-14)30-19(33)15-3-2-4-16(22)29-15/h2-6,8,12-13H,1,7,9-10H2,(H,28,32)(H,27,30,33). The van der Waals surface area contributed by atoms with E-state index in [0.717, 1.165) is 0 Å². The molecule has 2 unspecified atom stereocenters. The molecule has 2 N–H and O–H groups in total. The van der Waals surface area contributed by atoms with Gasteiger partial charge in [0.25, 0.3) is 11.8 Å². The van der Waals surface area contributed by atoms with Gasteiger partial charge in [-0.25, -0.2) is 14.4 Å². The second-order valence-corrected chi connectivity index (χ2v) is 8.32. The molecule has 0 aliphatic carbocycles. The molecule has 13 heteroatoms. The molecule has 3 heterocycles. The van der Waals surface area contributed by atoms with E-state index in [9.17, 15) is 31.9 Å². The van der Waals surface area contributed by atoms with Crippen LogP contribution in [0.15, 0.2) is 53.5 Å². The van der Waals surface area contributed by atoms with Gasteiger partial charge in [0, 0.05) is 13.1 Å². The minimum Gasteiger partial charge on any atom is -0.335 e. The number of piperidine rings is 1. The summed E-state index contributed by atoms with van der Waals surface area (Å²) >= 11 is 3.16. The van der Waals surface area contributed by atoms with E-state index in [1.165, 1.54) is 24.4 Å². The van der Waals surface area contributed by atoms with Crippen LogP contribution in [0.1, 0.15) is 16.9 Å². The Hall–Kier alpha value is -3.35. The summed E-state index contributed by atoms with van der Waals surface area (Å²) in [6.45, 7) is 1.68. The molecule has 34 heavy (non-hydrogen) atoms. The van der Waals surface area contributed by atoms with Gasteiger partial charge in [0.2, 0.25) is 5.91 Å². The zero-order chi connectivity index (χ0) is 25.0. The van der Waals surface area contributed by atoms with E-state index in [2.05, 4.69) is 43.1 Å². The van der Waals surface area contributed by atoms with Crippen LogP contribution in [0.25, 0.3) is 0 Å². The van der Waals surface area contributed by atoms with Crippen LogP contribution in [0.5, 0.6) is 0 Å². The number of likely N-dealkylation sites (tertiary alicyclic amines) is 1. The van der Waals surface area contributed by atoms with Crippen LogP contribution in [0.2, 0.25) is 0 Å². The highest BCUT2D eigenvalue weighted by Gasteiger charge is 2.47. The van der Waals surface area contributed by atoms with Crippen LogP contribution < -0.4 is 10.6 Å². The van der Waals surface area contributed by atoms with Crippen LogP contribution in [-0.4, -0.2) is 51.9 Å². The Balaban J connectivity index is 1.66. The first-order valence-electron chi connectivity index (χ1n) is 9.85. The van der Waals surface area contributed by atoms with Crippen molar-refractivity contribution in [3.8, 4) is 0 Å². The molecule has 1 aliphatic rings. The number of rotatable bonds is 5. The number of anilines is 2. The van der Waals surface area contributed by atoms with Crippen molar-refractivity contribution >= 4 is 45.2 Å². The van der Waals surface area contributed by atoms with Crippen molar-refractivity contribution in [2.75, 3.05) is 23.7 Å². The van der Waals surface area contributed by atoms with Gasteiger partial charge in [-0.1, -0.05) is 12.6 Å². The second kappa shape index (κ2) is 10.3. The molecule has 0 bridgehead atoms. The molecule has 3 rings (SSSR count). The van der Waals surface area contributed by atoms with E-state index in [1.807, 2.05) is 0 Å². The number of carbonyl (C=O) groups is 3. The van der Waals surface area contributed by atoms with Gasteiger partial charge in [-0.05, 0) is 46.6 Å². The maximum absolute atomic E-state index is 13.3. The predicted molar refractivity (Wildman–Crippen MR) is 117 cm³/mol. The Morgan fingerprint density at radius 2 is 1.85 bits per heavy atom. The number of hydrogen-bond donors (Lipinski definition) is 2. The van der Waals surface area contributed by atoms with E-state index in [4.69, 9.17) is 0 Å². The zero-order valence-electron chi connectivity index (χ0n) is 17.4. The quantitative estimate of drug-likeness (QED) is 0.337. The third-order valence-corrected chi connectivity index (χ3v) is 5.47. The Morgan fingerprint density at radius 1 is 1.12 bits per heavy atom. The Kier molecular flexibility index (Phi) is 7.64. The Morgan fingerprint density at radius 3 is 2.44 bits per heavy atom. The van der Waals surface area contributed by atoms with Gasteiger partial charge in [-0.2, -0.15) is 13.2 Å². The Bertz CT molecular complexity index is 1110. The topological polar surface area (TPSA) is 104 Å². The van der Waals surface area contributed by atoms with E-state index >= 15 is 0 Å². The maximum Gasteiger partial charge on any atom is 0.393 e. The van der Waals surface area contributed by atoms with Gasteiger partial charge in [0.15, 0.2) is 5.83 Å². The fraction of sp³-hybridized carbons (Fsp3) is 0.286. The summed E-state index contributed by atoms with van der Waals surface area (Å²) < 4.78 is 53.6. The highest BCUT2D eigenvalue weighted by Crippen LogP contribution is 2.36. The smallest absolute Gasteiger partial charge is 0.335 e. The number of carbonyl (C=O) groups excluding carboxylic acids is 3. The summed E-state index contributed by atoms with van der Waals surface area (Å²) in [5, 5.41) is 4.96. The van der Waals surface area contributed by atoms with Crippen LogP contribution >= 0.6 is 15.9 Å². The molecule has 8 nitrogen and oxygen atoms in total. The summed E-state index contributed by atoms with van der Waals surface area (Å²) in [5.41, 5.74) is 0.297. The first-order valence-corrected chi connectivity index (χ1v) is 10.6. The Labute approximate surface area is 199 Å². The lowest BCUT2D eigenvalue weighted by molar-refractivity contribution is -0.192. The molecule has 2 aromatic heterocycles. The summed E-state index contributed by atoms with van der Waals surface area (Å²) in [6.07, 6.45) is -4.02. The van der Waals surface area contributed by atoms with E-state index in [-0.39, 0.29) is 23.7 Å². The number of pyridine rings is 2. The lowest BCUT2D eigenvalue weighted by atomic mass is 9.88. The van der Waals surface area contributed by atoms with Gasteiger partial charge in [-0.3, -0.25) is 14.4 Å². The summed E-state index contributed by atoms with van der Waals surface area (Å²) in [7, 11) is 0. The van der Waals surface area contributed by atoms with E-state index < -0.39 is 54.5 Å². The minimum atomic E-state index is -4.67. The average molecular weight is 544 g/mol. The highest BCUT2D eigenvalue weighted by molar-refractivity contribution is 9.10. The van der Waals surface area contributed by atoms with E-state index in [0.29, 0.717) is 9.50 Å². The molecule has 0 aromatic carbocycles. The minimum absolute atomic E-state index is 0.139. The first-order chi connectivity index (χ1) is 15.9. The van der Waals surface area contributed by atoms with Crippen LogP contribution in [0.3, 0.4) is 0 Å². The third kappa shape index (κ3) is 6.37. The molecular weight excluding hydrogens is 526 g/mol. The van der Waals surface area contributed by atoms with Gasteiger partial charge in [0.1, 0.15) is 16.1 Å². The number of aromatic nitrogens is 2. The third-order valence-electron chi connectivity index (χ3n) is 5.02. The molecule has 0 saturated carbocycles. The summed E-state index contributed by atoms with van der Waals surface area (Å²) in [6, 6.07) is 7.56. The lowest BCUT2D eigenvalue weighted by Crippen LogP contribution is -2.50. The molecule has 1 saturated heterocycles. The zero-order valence-corrected chi connectivity index (χ0v) is 19.0. The van der Waals surface area contributed by atoms with Crippen molar-refractivity contribution in [1.29, 1.82) is 0 Å². The summed E-state index contributed by atoms with van der Waals surface area (Å²) in [5.74, 6) is -7.06. The van der Waals surface area contributed by atoms with Crippen molar-refractivity contribution in [1.82, 2.24) is 14.9 Å². The van der Waals surface area contributed by atoms with Crippen LogP contribution in [0, 0.1) is 11.8 Å². The highest BCUT2D eigenvalue weighted by atomic mass is 79.9. The van der Waals surface area contributed by atoms with Gasteiger partial charge in [-0.15, -0.1) is 0 Å². The van der Waals surface area contributed by atoms with Gasteiger partial charge in [0.05, 0.1) is 23.7 Å². The number of alkyl halides is 3. The monoisotopic (exact) mass is 543 g/mol. The maximum atomic E-state index is 13.3. The number of nitrogens with one attached hydrogen (secondary N) is 2. The van der Waals surface area contributed by atoms with Crippen molar-refractivity contribution in [3.63, 3.8) is 0 Å². The number of halogens is 5. The van der Waals surface area contributed by atoms with Crippen LogP contribution in [0.4, 0.5) is 29.1 Å². The molecule has 180 valence electrons. The first kappa shape index (κ1) is 25.3. The number of amides is 3. The van der Waals surface area contributed by atoms with E-state index in [1.54, 1.807) is 12.1 Å². The largest absolute Gasteiger partial charge is 0.393 e. The lowest BCUT2D eigenvalue weighted by Gasteiger charge is -2.37. The molecule has 0 spiro atoms. The molecule has 3 amide bonds. The summed E-state index contributed by atoms with van der Waals surface area (Å²) in [4.78, 5) is 45.3. The second-order valence-electron chi connectivity index (χ2n) is 7.51. The molecule has 1 fully saturated rings. The van der Waals surface area contributed by atoms with Crippen molar-refractivity contribution in [2.45, 2.75) is 12.6 Å². The SMILES string of the molecule is C=C(F)C(=O)N1CC(C(=O)Nc2ccc(NC(=O)c3cccc(Br)n3)nc2)CC(C(F)(F)F)C1. The number of hydrogen-bond acceptors (Lipinski definition) is 5. The fourth-order valence-electron chi connectivity index (χ4n) is 3.36. The molecule has 1 aliphatic heterocycles. The predicted octanol–water partition coefficient (Wildman–Crippen LogP) is 3.94. The molecular formula is C21H18BrF4N5O3. The van der Waals surface area contributed by atoms with Crippen molar-refractivity contribution < 1.29 is 31.9 Å². The number of nitrogens with zero attached hydrogens (tertiary/aromatic N) is 3. The molecule has 2 aromatic rings.